The molecule has 22 heavy (non-hydrogen) atoms. The number of esters is 1. The smallest absolute Gasteiger partial charge is 0.312 e. The van der Waals surface area contributed by atoms with Crippen molar-refractivity contribution in [1.82, 2.24) is 0 Å². The molecule has 1 aromatic carbocycles. The molecule has 4 heteroatoms. The minimum absolute atomic E-state index is 0.000410. The summed E-state index contributed by atoms with van der Waals surface area (Å²) in [7, 11) is 1.52. The minimum Gasteiger partial charge on any atom is -0.469 e. The van der Waals surface area contributed by atoms with Crippen LogP contribution in [0.2, 0.25) is 0 Å². The highest BCUT2D eigenvalue weighted by Crippen LogP contribution is 2.62. The van der Waals surface area contributed by atoms with Gasteiger partial charge < -0.3 is 14.2 Å². The third-order valence-corrected chi connectivity index (χ3v) is 5.66. The predicted octanol–water partition coefficient (Wildman–Crippen LogP) is 3.64. The quantitative estimate of drug-likeness (QED) is 0.800. The summed E-state index contributed by atoms with van der Waals surface area (Å²) in [5.74, 6) is 2.52. The molecule has 0 aromatic heterocycles. The number of hydrogen-bond donors (Lipinski definition) is 0. The Hall–Kier alpha value is -1.71. The molecular weight excluding hydrogens is 280 g/mol. The molecule has 0 saturated heterocycles. The van der Waals surface area contributed by atoms with Gasteiger partial charge in [-0.15, -0.1) is 0 Å². The molecule has 0 radical (unpaired) electrons. The summed E-state index contributed by atoms with van der Waals surface area (Å²) in [4.78, 5) is 12.5. The molecule has 2 saturated carbocycles. The van der Waals surface area contributed by atoms with Crippen molar-refractivity contribution in [2.24, 2.45) is 11.3 Å². The Kier molecular flexibility index (Phi) is 3.28. The summed E-state index contributed by atoms with van der Waals surface area (Å²) >= 11 is 0. The second kappa shape index (κ2) is 5.18. The van der Waals surface area contributed by atoms with Gasteiger partial charge in [0.25, 0.3) is 0 Å². The van der Waals surface area contributed by atoms with Crippen molar-refractivity contribution in [2.45, 2.75) is 44.4 Å². The van der Waals surface area contributed by atoms with E-state index in [1.165, 1.54) is 19.1 Å². The minimum atomic E-state index is -0.256. The molecule has 1 aromatic rings. The lowest BCUT2D eigenvalue weighted by Gasteiger charge is -2.35. The van der Waals surface area contributed by atoms with Gasteiger partial charge in [0.2, 0.25) is 6.79 Å². The van der Waals surface area contributed by atoms with E-state index in [4.69, 9.17) is 14.2 Å². The number of carbonyl (C=O) groups is 1. The van der Waals surface area contributed by atoms with Crippen molar-refractivity contribution in [2.75, 3.05) is 13.9 Å². The Labute approximate surface area is 130 Å². The third-order valence-electron chi connectivity index (χ3n) is 5.66. The average molecular weight is 302 g/mol. The van der Waals surface area contributed by atoms with Crippen molar-refractivity contribution in [3.63, 3.8) is 0 Å². The first-order valence-corrected chi connectivity index (χ1v) is 8.22. The number of carbonyl (C=O) groups excluding carboxylic acids is 1. The Balaban J connectivity index is 1.58. The first kappa shape index (κ1) is 13.9. The lowest BCUT2D eigenvalue weighted by Crippen LogP contribution is -2.37. The van der Waals surface area contributed by atoms with Crippen LogP contribution in [0.3, 0.4) is 0 Å². The second-order valence-corrected chi connectivity index (χ2v) is 6.77. The van der Waals surface area contributed by atoms with Crippen LogP contribution in [0.4, 0.5) is 0 Å². The summed E-state index contributed by atoms with van der Waals surface area (Å²) in [5.41, 5.74) is 1.01. The molecule has 118 valence electrons. The first-order chi connectivity index (χ1) is 10.7. The standard InChI is InChI=1S/C18H22O4/c1-20-17(19)18(7-3-2-4-8-18)14-10-13(14)12-5-6-15-16(9-12)22-11-21-15/h5-6,9,13-14H,2-4,7-8,10-11H2,1H3. The highest BCUT2D eigenvalue weighted by molar-refractivity contribution is 5.78. The Morgan fingerprint density at radius 3 is 2.73 bits per heavy atom. The molecule has 1 heterocycles. The molecule has 0 amide bonds. The normalized spacial score (nSPS) is 28.2. The molecule has 4 nitrogen and oxygen atoms in total. The van der Waals surface area contributed by atoms with Gasteiger partial charge in [-0.2, -0.15) is 0 Å². The van der Waals surface area contributed by atoms with Crippen LogP contribution in [0.5, 0.6) is 11.5 Å². The Bertz CT molecular complexity index is 589. The maximum atomic E-state index is 12.5. The van der Waals surface area contributed by atoms with Gasteiger partial charge >= 0.3 is 5.97 Å². The molecule has 0 bridgehead atoms. The van der Waals surface area contributed by atoms with Crippen LogP contribution in [0.1, 0.15) is 50.0 Å². The number of benzene rings is 1. The van der Waals surface area contributed by atoms with Crippen molar-refractivity contribution in [1.29, 1.82) is 0 Å². The highest BCUT2D eigenvalue weighted by Gasteiger charge is 2.57. The molecule has 0 N–H and O–H groups in total. The van der Waals surface area contributed by atoms with E-state index in [9.17, 15) is 4.79 Å². The molecule has 1 aliphatic heterocycles. The van der Waals surface area contributed by atoms with E-state index in [0.29, 0.717) is 18.6 Å². The summed E-state index contributed by atoms with van der Waals surface area (Å²) in [6.45, 7) is 0.305. The molecule has 2 aliphatic carbocycles. The van der Waals surface area contributed by atoms with Crippen LogP contribution in [-0.2, 0) is 9.53 Å². The van der Waals surface area contributed by atoms with Gasteiger partial charge in [-0.3, -0.25) is 4.79 Å². The summed E-state index contributed by atoms with van der Waals surface area (Å²) in [6.07, 6.45) is 6.55. The fraction of sp³-hybridized carbons (Fsp3) is 0.611. The van der Waals surface area contributed by atoms with Crippen LogP contribution < -0.4 is 9.47 Å². The van der Waals surface area contributed by atoms with Crippen molar-refractivity contribution in [3.8, 4) is 11.5 Å². The van der Waals surface area contributed by atoms with E-state index < -0.39 is 0 Å². The van der Waals surface area contributed by atoms with E-state index in [-0.39, 0.29) is 11.4 Å². The zero-order chi connectivity index (χ0) is 15.2. The van der Waals surface area contributed by atoms with E-state index in [2.05, 4.69) is 12.1 Å². The van der Waals surface area contributed by atoms with Crippen molar-refractivity contribution < 1.29 is 19.0 Å². The first-order valence-electron chi connectivity index (χ1n) is 8.22. The van der Waals surface area contributed by atoms with Gasteiger partial charge in [0.15, 0.2) is 11.5 Å². The number of hydrogen-bond acceptors (Lipinski definition) is 4. The number of methoxy groups -OCH3 is 1. The van der Waals surface area contributed by atoms with Gasteiger partial charge in [-0.25, -0.2) is 0 Å². The number of fused-ring (bicyclic) bond motifs is 1. The molecule has 4 rings (SSSR count). The summed E-state index contributed by atoms with van der Waals surface area (Å²) in [6, 6.07) is 6.19. The third kappa shape index (κ3) is 2.08. The van der Waals surface area contributed by atoms with Crippen LogP contribution >= 0.6 is 0 Å². The lowest BCUT2D eigenvalue weighted by molar-refractivity contribution is -0.156. The monoisotopic (exact) mass is 302 g/mol. The maximum absolute atomic E-state index is 12.5. The summed E-state index contributed by atoms with van der Waals surface area (Å²) in [5, 5.41) is 0. The SMILES string of the molecule is COC(=O)C1(C2CC2c2ccc3c(c2)OCO3)CCCCC1. The van der Waals surface area contributed by atoms with Gasteiger partial charge in [-0.1, -0.05) is 25.3 Å². The number of rotatable bonds is 3. The molecule has 2 fully saturated rings. The summed E-state index contributed by atoms with van der Waals surface area (Å²) < 4.78 is 16.0. The lowest BCUT2D eigenvalue weighted by atomic mass is 9.69. The highest BCUT2D eigenvalue weighted by atomic mass is 16.7. The number of ether oxygens (including phenoxy) is 3. The molecule has 2 unspecified atom stereocenters. The maximum Gasteiger partial charge on any atom is 0.312 e. The van der Waals surface area contributed by atoms with Gasteiger partial charge in [-0.05, 0) is 48.8 Å². The average Bonchev–Trinajstić information content (AvgIpc) is 3.25. The predicted molar refractivity (Wildman–Crippen MR) is 80.9 cm³/mol. The fourth-order valence-electron chi connectivity index (χ4n) is 4.43. The van der Waals surface area contributed by atoms with E-state index >= 15 is 0 Å². The van der Waals surface area contributed by atoms with E-state index in [1.807, 2.05) is 6.07 Å². The van der Waals surface area contributed by atoms with Crippen LogP contribution in [0.15, 0.2) is 18.2 Å². The van der Waals surface area contributed by atoms with Crippen molar-refractivity contribution >= 4 is 5.97 Å². The zero-order valence-corrected chi connectivity index (χ0v) is 13.0. The molecule has 2 atom stereocenters. The van der Waals surface area contributed by atoms with Crippen molar-refractivity contribution in [3.05, 3.63) is 23.8 Å². The van der Waals surface area contributed by atoms with E-state index in [1.54, 1.807) is 0 Å². The van der Waals surface area contributed by atoms with Crippen LogP contribution in [0.25, 0.3) is 0 Å². The van der Waals surface area contributed by atoms with Gasteiger partial charge in [0.05, 0.1) is 12.5 Å². The molecule has 3 aliphatic rings. The fourth-order valence-corrected chi connectivity index (χ4v) is 4.43. The molecule has 0 spiro atoms. The second-order valence-electron chi connectivity index (χ2n) is 6.77. The Morgan fingerprint density at radius 1 is 1.18 bits per heavy atom. The Morgan fingerprint density at radius 2 is 1.95 bits per heavy atom. The zero-order valence-electron chi connectivity index (χ0n) is 13.0. The van der Waals surface area contributed by atoms with Crippen LogP contribution in [0, 0.1) is 11.3 Å². The topological polar surface area (TPSA) is 44.8 Å². The molecular formula is C18H22O4. The largest absolute Gasteiger partial charge is 0.469 e. The van der Waals surface area contributed by atoms with Gasteiger partial charge in [0, 0.05) is 0 Å². The van der Waals surface area contributed by atoms with E-state index in [0.717, 1.165) is 43.6 Å². The van der Waals surface area contributed by atoms with Gasteiger partial charge in [0.1, 0.15) is 0 Å². The van der Waals surface area contributed by atoms with Crippen LogP contribution in [-0.4, -0.2) is 19.9 Å².